The van der Waals surface area contributed by atoms with E-state index < -0.39 is 0 Å². The second-order valence-corrected chi connectivity index (χ2v) is 5.84. The van der Waals surface area contributed by atoms with Crippen molar-refractivity contribution in [1.29, 1.82) is 0 Å². The molecule has 0 unspecified atom stereocenters. The van der Waals surface area contributed by atoms with Gasteiger partial charge in [-0.2, -0.15) is 0 Å². The van der Waals surface area contributed by atoms with Gasteiger partial charge in [0.2, 0.25) is 0 Å². The van der Waals surface area contributed by atoms with Gasteiger partial charge in [0.15, 0.2) is 11.5 Å². The molecule has 0 aliphatic heterocycles. The SMILES string of the molecule is COc1c#cc2[nH]c(C(=O)Nc3ccccc3Oc3ccccc3)cc2c1. The molecule has 0 saturated carbocycles. The van der Waals surface area contributed by atoms with Crippen LogP contribution >= 0.6 is 0 Å². The molecular formula is C22H16N2O3. The third-order valence-corrected chi connectivity index (χ3v) is 4.02. The van der Waals surface area contributed by atoms with E-state index in [2.05, 4.69) is 22.4 Å². The highest BCUT2D eigenvalue weighted by atomic mass is 16.5. The van der Waals surface area contributed by atoms with Crippen molar-refractivity contribution < 1.29 is 14.3 Å². The number of amides is 1. The lowest BCUT2D eigenvalue weighted by atomic mass is 10.2. The largest absolute Gasteiger partial charge is 0.489 e. The van der Waals surface area contributed by atoms with Crippen LogP contribution in [-0.2, 0) is 0 Å². The zero-order valence-electron chi connectivity index (χ0n) is 14.6. The van der Waals surface area contributed by atoms with Crippen molar-refractivity contribution in [2.45, 2.75) is 0 Å². The van der Waals surface area contributed by atoms with E-state index in [1.807, 2.05) is 42.5 Å². The van der Waals surface area contributed by atoms with Crippen LogP contribution in [0.15, 0.2) is 66.7 Å². The first-order valence-corrected chi connectivity index (χ1v) is 8.37. The molecule has 1 heterocycles. The first-order valence-electron chi connectivity index (χ1n) is 8.37. The van der Waals surface area contributed by atoms with Crippen LogP contribution in [0.25, 0.3) is 10.9 Å². The molecule has 132 valence electrons. The summed E-state index contributed by atoms with van der Waals surface area (Å²) in [6, 6.07) is 26.1. The van der Waals surface area contributed by atoms with E-state index in [0.29, 0.717) is 34.1 Å². The van der Waals surface area contributed by atoms with E-state index in [-0.39, 0.29) is 5.91 Å². The van der Waals surface area contributed by atoms with Crippen molar-refractivity contribution in [2.75, 3.05) is 12.4 Å². The van der Waals surface area contributed by atoms with Crippen LogP contribution in [0, 0.1) is 12.1 Å². The number of nitrogens with one attached hydrogen (secondary N) is 2. The first-order chi connectivity index (χ1) is 13.2. The average Bonchev–Trinajstić information content (AvgIpc) is 3.13. The number of aromatic nitrogens is 1. The minimum atomic E-state index is -0.275. The fraction of sp³-hybridized carbons (Fsp3) is 0.0455. The number of hydrogen-bond donors (Lipinski definition) is 2. The lowest BCUT2D eigenvalue weighted by Gasteiger charge is -2.11. The number of rotatable bonds is 5. The molecule has 3 aromatic carbocycles. The lowest BCUT2D eigenvalue weighted by molar-refractivity contribution is 0.102. The summed E-state index contributed by atoms with van der Waals surface area (Å²) in [5, 5.41) is 3.71. The Hall–Kier alpha value is -3.91. The number of carbonyl (C=O) groups is 1. The number of anilines is 1. The maximum absolute atomic E-state index is 12.7. The van der Waals surface area contributed by atoms with Crippen molar-refractivity contribution in [3.05, 3.63) is 84.6 Å². The van der Waals surface area contributed by atoms with E-state index in [4.69, 9.17) is 9.47 Å². The number of fused-ring (bicyclic) bond motifs is 1. The molecule has 27 heavy (non-hydrogen) atoms. The summed E-state index contributed by atoms with van der Waals surface area (Å²) in [6.45, 7) is 0. The van der Waals surface area contributed by atoms with E-state index >= 15 is 0 Å². The Kier molecular flexibility index (Phi) is 4.38. The number of aromatic amines is 1. The number of H-pyrrole nitrogens is 1. The van der Waals surface area contributed by atoms with Crippen LogP contribution in [0.2, 0.25) is 0 Å². The van der Waals surface area contributed by atoms with Crippen LogP contribution < -0.4 is 14.8 Å². The van der Waals surface area contributed by atoms with E-state index in [1.54, 1.807) is 31.4 Å². The molecule has 4 aromatic rings. The second-order valence-electron chi connectivity index (χ2n) is 5.84. The predicted octanol–water partition coefficient (Wildman–Crippen LogP) is 4.82. The van der Waals surface area contributed by atoms with Crippen LogP contribution in [-0.4, -0.2) is 18.0 Å². The number of ether oxygens (including phenoxy) is 2. The van der Waals surface area contributed by atoms with E-state index in [9.17, 15) is 4.79 Å². The molecule has 0 saturated heterocycles. The molecule has 0 aliphatic rings. The Morgan fingerprint density at radius 3 is 2.59 bits per heavy atom. The summed E-state index contributed by atoms with van der Waals surface area (Å²) in [4.78, 5) is 15.7. The Morgan fingerprint density at radius 1 is 1.00 bits per heavy atom. The maximum Gasteiger partial charge on any atom is 0.272 e. The van der Waals surface area contributed by atoms with Gasteiger partial charge in [-0.3, -0.25) is 4.79 Å². The van der Waals surface area contributed by atoms with Gasteiger partial charge in [-0.1, -0.05) is 30.3 Å². The molecular weight excluding hydrogens is 340 g/mol. The molecule has 0 fully saturated rings. The fourth-order valence-electron chi connectivity index (χ4n) is 2.69. The Labute approximate surface area is 156 Å². The smallest absolute Gasteiger partial charge is 0.272 e. The van der Waals surface area contributed by atoms with Crippen molar-refractivity contribution in [3.8, 4) is 17.2 Å². The zero-order valence-corrected chi connectivity index (χ0v) is 14.6. The summed E-state index contributed by atoms with van der Waals surface area (Å²) >= 11 is 0. The Balaban J connectivity index is 1.58. The minimum Gasteiger partial charge on any atom is -0.489 e. The van der Waals surface area contributed by atoms with Gasteiger partial charge in [0.25, 0.3) is 5.91 Å². The zero-order chi connectivity index (χ0) is 18.6. The number of methoxy groups -OCH3 is 1. The minimum absolute atomic E-state index is 0.275. The highest BCUT2D eigenvalue weighted by Crippen LogP contribution is 2.29. The number of benzene rings is 2. The lowest BCUT2D eigenvalue weighted by Crippen LogP contribution is -2.12. The molecule has 1 aromatic heterocycles. The second kappa shape index (κ2) is 7.14. The van der Waals surface area contributed by atoms with Gasteiger partial charge < -0.3 is 19.8 Å². The Bertz CT molecular complexity index is 1090. The van der Waals surface area contributed by atoms with Crippen molar-refractivity contribution in [3.63, 3.8) is 0 Å². The molecule has 1 amide bonds. The van der Waals surface area contributed by atoms with Crippen molar-refractivity contribution in [1.82, 2.24) is 4.98 Å². The predicted molar refractivity (Wildman–Crippen MR) is 103 cm³/mol. The third-order valence-electron chi connectivity index (χ3n) is 4.02. The summed E-state index contributed by atoms with van der Waals surface area (Å²) < 4.78 is 11.0. The highest BCUT2D eigenvalue weighted by Gasteiger charge is 2.13. The Morgan fingerprint density at radius 2 is 1.78 bits per heavy atom. The molecule has 0 spiro atoms. The van der Waals surface area contributed by atoms with Gasteiger partial charge in [0.05, 0.1) is 18.3 Å². The van der Waals surface area contributed by atoms with Gasteiger partial charge in [-0.05, 0) is 48.5 Å². The van der Waals surface area contributed by atoms with Crippen molar-refractivity contribution >= 4 is 22.5 Å². The normalized spacial score (nSPS) is 10.3. The number of carbonyl (C=O) groups excluding carboxylic acids is 1. The van der Waals surface area contributed by atoms with Crippen LogP contribution in [0.3, 0.4) is 0 Å². The standard InChI is InChI=1S/C22H16N2O3/c1-26-17-11-12-18-15(13-17)14-20(23-18)22(25)24-19-9-5-6-10-21(19)27-16-7-3-2-4-8-16/h2-10,13-14,23H,1H3,(H,24,25). The summed E-state index contributed by atoms with van der Waals surface area (Å²) in [6.07, 6.45) is 0. The molecule has 5 nitrogen and oxygen atoms in total. The monoisotopic (exact) mass is 356 g/mol. The summed E-state index contributed by atoms with van der Waals surface area (Å²) in [5.74, 6) is 1.55. The van der Waals surface area contributed by atoms with Gasteiger partial charge in [0.1, 0.15) is 11.4 Å². The van der Waals surface area contributed by atoms with Gasteiger partial charge in [-0.15, -0.1) is 0 Å². The topological polar surface area (TPSA) is 63.4 Å². The van der Waals surface area contributed by atoms with Gasteiger partial charge in [0, 0.05) is 5.39 Å². The van der Waals surface area contributed by atoms with Crippen molar-refractivity contribution in [2.24, 2.45) is 0 Å². The molecule has 4 rings (SSSR count). The van der Waals surface area contributed by atoms with Crippen LogP contribution in [0.4, 0.5) is 5.69 Å². The van der Waals surface area contributed by atoms with E-state index in [0.717, 1.165) is 5.39 Å². The summed E-state index contributed by atoms with van der Waals surface area (Å²) in [7, 11) is 1.56. The first kappa shape index (κ1) is 16.6. The molecule has 0 aliphatic carbocycles. The molecule has 0 atom stereocenters. The molecule has 0 radical (unpaired) electrons. The van der Waals surface area contributed by atoms with Gasteiger partial charge >= 0.3 is 0 Å². The van der Waals surface area contributed by atoms with E-state index in [1.165, 1.54) is 0 Å². The van der Waals surface area contributed by atoms with Crippen LogP contribution in [0.5, 0.6) is 17.2 Å². The summed E-state index contributed by atoms with van der Waals surface area (Å²) in [5.41, 5.74) is 1.69. The maximum atomic E-state index is 12.7. The highest BCUT2D eigenvalue weighted by molar-refractivity contribution is 6.06. The fourth-order valence-corrected chi connectivity index (χ4v) is 2.69. The molecule has 0 bridgehead atoms. The quantitative estimate of drug-likeness (QED) is 0.539. The van der Waals surface area contributed by atoms with Crippen LogP contribution in [0.1, 0.15) is 10.5 Å². The third kappa shape index (κ3) is 3.55. The average molecular weight is 356 g/mol. The molecule has 5 heteroatoms. The molecule has 2 N–H and O–H groups in total. The number of hydrogen-bond acceptors (Lipinski definition) is 3. The number of para-hydroxylation sites is 3. The van der Waals surface area contributed by atoms with Gasteiger partial charge in [-0.25, -0.2) is 0 Å².